The highest BCUT2D eigenvalue weighted by Crippen LogP contribution is 2.46. The summed E-state index contributed by atoms with van der Waals surface area (Å²) in [4.78, 5) is 11.8. The summed E-state index contributed by atoms with van der Waals surface area (Å²) in [7, 11) is 0. The van der Waals surface area contributed by atoms with Gasteiger partial charge in [0.25, 0.3) is 0 Å². The lowest BCUT2D eigenvalue weighted by Crippen LogP contribution is -2.43. The normalized spacial score (nSPS) is 28.7. The van der Waals surface area contributed by atoms with Gasteiger partial charge in [0, 0.05) is 12.5 Å². The van der Waals surface area contributed by atoms with Crippen LogP contribution in [0.3, 0.4) is 0 Å². The van der Waals surface area contributed by atoms with E-state index in [1.54, 1.807) is 6.08 Å². The predicted octanol–water partition coefficient (Wildman–Crippen LogP) is 4.16. The zero-order valence-electron chi connectivity index (χ0n) is 12.0. The minimum absolute atomic E-state index is 0.158. The van der Waals surface area contributed by atoms with Crippen LogP contribution in [0.2, 0.25) is 0 Å². The molecule has 0 saturated heterocycles. The second kappa shape index (κ2) is 4.91. The number of hydrogen-bond acceptors (Lipinski definition) is 2. The Hall–Kier alpha value is -1.05. The quantitative estimate of drug-likeness (QED) is 0.541. The fraction of sp³-hybridized carbons (Fsp3) is 0.688. The number of rotatable bonds is 2. The summed E-state index contributed by atoms with van der Waals surface area (Å²) in [5.74, 6) is 0.299. The van der Waals surface area contributed by atoms with Crippen LogP contribution in [0, 0.1) is 5.92 Å². The van der Waals surface area contributed by atoms with Crippen LogP contribution in [0.4, 0.5) is 0 Å². The third kappa shape index (κ3) is 2.25. The zero-order chi connectivity index (χ0) is 13.3. The van der Waals surface area contributed by atoms with E-state index in [4.69, 9.17) is 4.74 Å². The highest BCUT2D eigenvalue weighted by molar-refractivity contribution is 5.84. The molecule has 0 aromatic carbocycles. The Morgan fingerprint density at radius 3 is 2.72 bits per heavy atom. The van der Waals surface area contributed by atoms with Crippen molar-refractivity contribution in [1.29, 1.82) is 0 Å². The number of carbonyl (C=O) groups excluding carboxylic acids is 1. The molecule has 0 fully saturated rings. The molecule has 2 nitrogen and oxygen atoms in total. The van der Waals surface area contributed by atoms with Gasteiger partial charge in [0.1, 0.15) is 5.60 Å². The van der Waals surface area contributed by atoms with Crippen molar-refractivity contribution in [3.05, 3.63) is 22.8 Å². The summed E-state index contributed by atoms with van der Waals surface area (Å²) < 4.78 is 5.82. The van der Waals surface area contributed by atoms with Gasteiger partial charge in [-0.2, -0.15) is 0 Å². The van der Waals surface area contributed by atoms with Gasteiger partial charge in [-0.25, -0.2) is 4.79 Å². The molecule has 1 spiro atoms. The van der Waals surface area contributed by atoms with E-state index in [-0.39, 0.29) is 11.6 Å². The SMILES string of the molecule is CCC1=C(C(C)C)[C@@]2(CCC1)CC(C)=CC(=O)O2. The molecule has 0 bridgehead atoms. The van der Waals surface area contributed by atoms with Crippen molar-refractivity contribution >= 4 is 5.97 Å². The minimum atomic E-state index is -0.326. The number of allylic oxidation sites excluding steroid dienone is 1. The minimum Gasteiger partial charge on any atom is -0.451 e. The summed E-state index contributed by atoms with van der Waals surface area (Å²) in [5, 5.41) is 0. The van der Waals surface area contributed by atoms with Crippen LogP contribution >= 0.6 is 0 Å². The first-order valence-corrected chi connectivity index (χ1v) is 7.11. The van der Waals surface area contributed by atoms with E-state index >= 15 is 0 Å². The summed E-state index contributed by atoms with van der Waals surface area (Å²) >= 11 is 0. The number of hydrogen-bond donors (Lipinski definition) is 0. The molecule has 100 valence electrons. The number of ether oxygens (including phenoxy) is 1. The highest BCUT2D eigenvalue weighted by Gasteiger charge is 2.44. The van der Waals surface area contributed by atoms with Crippen molar-refractivity contribution in [2.45, 2.75) is 65.4 Å². The van der Waals surface area contributed by atoms with Crippen molar-refractivity contribution in [1.82, 2.24) is 0 Å². The number of esters is 1. The monoisotopic (exact) mass is 248 g/mol. The van der Waals surface area contributed by atoms with Crippen molar-refractivity contribution in [3.8, 4) is 0 Å². The maximum Gasteiger partial charge on any atom is 0.331 e. The lowest BCUT2D eigenvalue weighted by atomic mass is 9.70. The Morgan fingerprint density at radius 1 is 1.44 bits per heavy atom. The van der Waals surface area contributed by atoms with Gasteiger partial charge in [0.2, 0.25) is 0 Å². The standard InChI is InChI=1S/C16H24O2/c1-5-13-7-6-8-16(15(13)11(2)3)10-12(4)9-14(17)18-16/h9,11H,5-8,10H2,1-4H3/t16-/m1/s1. The Labute approximate surface area is 110 Å². The molecule has 2 heteroatoms. The van der Waals surface area contributed by atoms with Crippen LogP contribution in [0.15, 0.2) is 22.8 Å². The van der Waals surface area contributed by atoms with Gasteiger partial charge in [-0.05, 0) is 44.1 Å². The molecule has 0 aromatic rings. The van der Waals surface area contributed by atoms with Crippen LogP contribution in [-0.2, 0) is 9.53 Å². The zero-order valence-corrected chi connectivity index (χ0v) is 12.0. The molecule has 0 aromatic heterocycles. The van der Waals surface area contributed by atoms with Gasteiger partial charge in [-0.15, -0.1) is 0 Å². The highest BCUT2D eigenvalue weighted by atomic mass is 16.6. The Kier molecular flexibility index (Phi) is 3.65. The largest absolute Gasteiger partial charge is 0.451 e. The molecule has 0 amide bonds. The summed E-state index contributed by atoms with van der Waals surface area (Å²) in [5.41, 5.74) is 3.74. The van der Waals surface area contributed by atoms with E-state index < -0.39 is 0 Å². The first kappa shape index (κ1) is 13.4. The van der Waals surface area contributed by atoms with Crippen molar-refractivity contribution in [2.24, 2.45) is 5.92 Å². The molecule has 0 radical (unpaired) electrons. The average molecular weight is 248 g/mol. The maximum absolute atomic E-state index is 11.8. The smallest absolute Gasteiger partial charge is 0.331 e. The maximum atomic E-state index is 11.8. The molecule has 1 atom stereocenters. The van der Waals surface area contributed by atoms with Gasteiger partial charge in [0.05, 0.1) is 0 Å². The molecule has 18 heavy (non-hydrogen) atoms. The second-order valence-electron chi connectivity index (χ2n) is 5.96. The van der Waals surface area contributed by atoms with E-state index in [9.17, 15) is 4.79 Å². The van der Waals surface area contributed by atoms with E-state index in [1.165, 1.54) is 17.6 Å². The van der Waals surface area contributed by atoms with E-state index in [1.807, 2.05) is 6.92 Å². The lowest BCUT2D eigenvalue weighted by Gasteiger charge is -2.44. The molecule has 2 aliphatic rings. The molecule has 1 heterocycles. The van der Waals surface area contributed by atoms with E-state index in [2.05, 4.69) is 20.8 Å². The summed E-state index contributed by atoms with van der Waals surface area (Å²) in [6.07, 6.45) is 6.90. The fourth-order valence-corrected chi connectivity index (χ4v) is 3.73. The molecule has 0 N–H and O–H groups in total. The molecule has 1 aliphatic carbocycles. The first-order chi connectivity index (χ1) is 8.48. The molecular formula is C16H24O2. The van der Waals surface area contributed by atoms with Crippen molar-refractivity contribution < 1.29 is 9.53 Å². The van der Waals surface area contributed by atoms with E-state index in [0.29, 0.717) is 5.92 Å². The molecule has 2 rings (SSSR count). The summed E-state index contributed by atoms with van der Waals surface area (Å²) in [6, 6.07) is 0. The second-order valence-corrected chi connectivity index (χ2v) is 5.96. The molecular weight excluding hydrogens is 224 g/mol. The van der Waals surface area contributed by atoms with Crippen LogP contribution in [0.1, 0.15) is 59.8 Å². The average Bonchev–Trinajstić information content (AvgIpc) is 2.26. The van der Waals surface area contributed by atoms with Gasteiger partial charge in [-0.1, -0.05) is 31.9 Å². The Morgan fingerprint density at radius 2 is 2.17 bits per heavy atom. The van der Waals surface area contributed by atoms with Gasteiger partial charge in [0.15, 0.2) is 0 Å². The van der Waals surface area contributed by atoms with Crippen LogP contribution in [0.25, 0.3) is 0 Å². The van der Waals surface area contributed by atoms with Crippen LogP contribution < -0.4 is 0 Å². The van der Waals surface area contributed by atoms with Crippen LogP contribution in [0.5, 0.6) is 0 Å². The summed E-state index contributed by atoms with van der Waals surface area (Å²) in [6.45, 7) is 8.70. The lowest BCUT2D eigenvalue weighted by molar-refractivity contribution is -0.153. The first-order valence-electron chi connectivity index (χ1n) is 7.11. The fourth-order valence-electron chi connectivity index (χ4n) is 3.73. The number of carbonyl (C=O) groups is 1. The predicted molar refractivity (Wildman–Crippen MR) is 73.2 cm³/mol. The third-order valence-corrected chi connectivity index (χ3v) is 4.16. The Bertz CT molecular complexity index is 415. The van der Waals surface area contributed by atoms with E-state index in [0.717, 1.165) is 31.3 Å². The van der Waals surface area contributed by atoms with Crippen molar-refractivity contribution in [3.63, 3.8) is 0 Å². The Balaban J connectivity index is 2.48. The topological polar surface area (TPSA) is 26.3 Å². The molecule has 1 aliphatic heterocycles. The van der Waals surface area contributed by atoms with Gasteiger partial charge >= 0.3 is 5.97 Å². The molecule has 0 saturated carbocycles. The van der Waals surface area contributed by atoms with Crippen LogP contribution in [-0.4, -0.2) is 11.6 Å². The van der Waals surface area contributed by atoms with Gasteiger partial charge < -0.3 is 4.74 Å². The third-order valence-electron chi connectivity index (χ3n) is 4.16. The molecule has 0 unspecified atom stereocenters. The van der Waals surface area contributed by atoms with Gasteiger partial charge in [-0.3, -0.25) is 0 Å². The van der Waals surface area contributed by atoms with Crippen molar-refractivity contribution in [2.75, 3.05) is 0 Å².